The Kier molecular flexibility index (Phi) is 7.16. The highest BCUT2D eigenvalue weighted by Crippen LogP contribution is 2.22. The fraction of sp³-hybridized carbons (Fsp3) is 0.917. The highest BCUT2D eigenvalue weighted by Gasteiger charge is 2.27. The van der Waals surface area contributed by atoms with E-state index in [1.807, 2.05) is 0 Å². The zero-order valence-electron chi connectivity index (χ0n) is 10.4. The fourth-order valence-electron chi connectivity index (χ4n) is 2.17. The number of hydrogen-bond donors (Lipinski definition) is 3. The van der Waals surface area contributed by atoms with Crippen molar-refractivity contribution < 1.29 is 14.6 Å². The van der Waals surface area contributed by atoms with Crippen LogP contribution in [0.3, 0.4) is 0 Å². The van der Waals surface area contributed by atoms with Crippen molar-refractivity contribution in [3.05, 3.63) is 0 Å². The van der Waals surface area contributed by atoms with Crippen LogP contribution in [0.5, 0.6) is 0 Å². The van der Waals surface area contributed by atoms with Crippen molar-refractivity contribution in [2.75, 3.05) is 26.4 Å². The third-order valence-electron chi connectivity index (χ3n) is 3.16. The van der Waals surface area contributed by atoms with Crippen LogP contribution in [-0.4, -0.2) is 43.4 Å². The SMILES string of the molecule is NC1CCCCC1C(=O)NCCCOCCO. The Morgan fingerprint density at radius 3 is 2.82 bits per heavy atom. The van der Waals surface area contributed by atoms with E-state index in [-0.39, 0.29) is 24.5 Å². The van der Waals surface area contributed by atoms with Gasteiger partial charge in [0.2, 0.25) is 5.91 Å². The van der Waals surface area contributed by atoms with E-state index in [0.717, 1.165) is 32.1 Å². The molecule has 0 aromatic heterocycles. The van der Waals surface area contributed by atoms with Gasteiger partial charge in [-0.3, -0.25) is 4.79 Å². The van der Waals surface area contributed by atoms with Crippen molar-refractivity contribution in [3.63, 3.8) is 0 Å². The lowest BCUT2D eigenvalue weighted by atomic mass is 9.84. The molecule has 1 fully saturated rings. The van der Waals surface area contributed by atoms with Crippen LogP contribution in [0, 0.1) is 5.92 Å². The van der Waals surface area contributed by atoms with E-state index in [9.17, 15) is 4.79 Å². The quantitative estimate of drug-likeness (QED) is 0.551. The monoisotopic (exact) mass is 244 g/mol. The highest BCUT2D eigenvalue weighted by molar-refractivity contribution is 5.79. The van der Waals surface area contributed by atoms with Gasteiger partial charge in [0, 0.05) is 19.2 Å². The third kappa shape index (κ3) is 5.48. The summed E-state index contributed by atoms with van der Waals surface area (Å²) < 4.78 is 5.11. The molecule has 1 amide bonds. The lowest BCUT2D eigenvalue weighted by molar-refractivity contribution is -0.126. The molecule has 0 saturated heterocycles. The molecule has 0 spiro atoms. The summed E-state index contributed by atoms with van der Waals surface area (Å²) in [6, 6.07) is 0.0226. The molecule has 0 aliphatic heterocycles. The zero-order valence-corrected chi connectivity index (χ0v) is 10.4. The minimum absolute atomic E-state index is 0.0119. The molecule has 0 bridgehead atoms. The van der Waals surface area contributed by atoms with Crippen LogP contribution in [0.25, 0.3) is 0 Å². The van der Waals surface area contributed by atoms with Gasteiger partial charge in [-0.25, -0.2) is 0 Å². The Balaban J connectivity index is 2.07. The van der Waals surface area contributed by atoms with Crippen LogP contribution in [0.1, 0.15) is 32.1 Å². The van der Waals surface area contributed by atoms with Crippen molar-refractivity contribution >= 4 is 5.91 Å². The lowest BCUT2D eigenvalue weighted by Gasteiger charge is -2.27. The molecule has 5 heteroatoms. The van der Waals surface area contributed by atoms with Gasteiger partial charge in [-0.2, -0.15) is 0 Å². The van der Waals surface area contributed by atoms with Gasteiger partial charge in [0.15, 0.2) is 0 Å². The maximum absolute atomic E-state index is 11.8. The van der Waals surface area contributed by atoms with Gasteiger partial charge < -0.3 is 20.9 Å². The molecule has 2 atom stereocenters. The predicted octanol–water partition coefficient (Wildman–Crippen LogP) is 0.0191. The molecular weight excluding hydrogens is 220 g/mol. The fourth-order valence-corrected chi connectivity index (χ4v) is 2.17. The van der Waals surface area contributed by atoms with E-state index in [4.69, 9.17) is 15.6 Å². The summed E-state index contributed by atoms with van der Waals surface area (Å²) in [6.07, 6.45) is 4.88. The standard InChI is InChI=1S/C12H24N2O3/c13-11-5-2-1-4-10(11)12(16)14-6-3-8-17-9-7-15/h10-11,15H,1-9,13H2,(H,14,16). The Bertz CT molecular complexity index is 224. The maximum atomic E-state index is 11.8. The molecule has 0 heterocycles. The minimum Gasteiger partial charge on any atom is -0.394 e. The van der Waals surface area contributed by atoms with Gasteiger partial charge in [-0.05, 0) is 19.3 Å². The van der Waals surface area contributed by atoms with Crippen molar-refractivity contribution in [2.45, 2.75) is 38.1 Å². The van der Waals surface area contributed by atoms with E-state index in [1.165, 1.54) is 0 Å². The molecule has 0 aromatic rings. The minimum atomic E-state index is -0.0119. The largest absolute Gasteiger partial charge is 0.394 e. The molecule has 1 aliphatic rings. The average molecular weight is 244 g/mol. The van der Waals surface area contributed by atoms with Crippen LogP contribution in [0.2, 0.25) is 0 Å². The van der Waals surface area contributed by atoms with Crippen LogP contribution < -0.4 is 11.1 Å². The van der Waals surface area contributed by atoms with Crippen LogP contribution in [-0.2, 0) is 9.53 Å². The number of carbonyl (C=O) groups excluding carboxylic acids is 1. The second kappa shape index (κ2) is 8.44. The number of nitrogens with two attached hydrogens (primary N) is 1. The first-order valence-corrected chi connectivity index (χ1v) is 6.47. The Morgan fingerprint density at radius 1 is 1.35 bits per heavy atom. The Labute approximate surface area is 103 Å². The number of amides is 1. The molecule has 0 radical (unpaired) electrons. The maximum Gasteiger partial charge on any atom is 0.224 e. The highest BCUT2D eigenvalue weighted by atomic mass is 16.5. The topological polar surface area (TPSA) is 84.6 Å². The van der Waals surface area contributed by atoms with Crippen LogP contribution in [0.4, 0.5) is 0 Å². The van der Waals surface area contributed by atoms with E-state index >= 15 is 0 Å². The summed E-state index contributed by atoms with van der Waals surface area (Å²) in [4.78, 5) is 11.8. The number of hydrogen-bond acceptors (Lipinski definition) is 4. The second-order valence-corrected chi connectivity index (χ2v) is 4.54. The second-order valence-electron chi connectivity index (χ2n) is 4.54. The van der Waals surface area contributed by atoms with Crippen molar-refractivity contribution in [1.29, 1.82) is 0 Å². The van der Waals surface area contributed by atoms with Gasteiger partial charge in [-0.15, -0.1) is 0 Å². The van der Waals surface area contributed by atoms with Crippen molar-refractivity contribution in [1.82, 2.24) is 5.32 Å². The number of aliphatic hydroxyl groups excluding tert-OH is 1. The van der Waals surface area contributed by atoms with Crippen molar-refractivity contribution in [3.8, 4) is 0 Å². The number of carbonyl (C=O) groups is 1. The number of aliphatic hydroxyl groups is 1. The first kappa shape index (κ1) is 14.4. The number of rotatable bonds is 7. The summed E-state index contributed by atoms with van der Waals surface area (Å²) in [5.41, 5.74) is 5.94. The predicted molar refractivity (Wildman–Crippen MR) is 65.5 cm³/mol. The van der Waals surface area contributed by atoms with Gasteiger partial charge in [0.25, 0.3) is 0 Å². The summed E-state index contributed by atoms with van der Waals surface area (Å²) >= 11 is 0. The average Bonchev–Trinajstić information content (AvgIpc) is 2.34. The molecule has 2 unspecified atom stereocenters. The molecule has 17 heavy (non-hydrogen) atoms. The first-order chi connectivity index (χ1) is 8.25. The lowest BCUT2D eigenvalue weighted by Crippen LogP contribution is -2.44. The summed E-state index contributed by atoms with van der Waals surface area (Å²) in [5, 5.41) is 11.4. The normalized spacial score (nSPS) is 24.6. The van der Waals surface area contributed by atoms with E-state index < -0.39 is 0 Å². The molecule has 0 aromatic carbocycles. The van der Waals surface area contributed by atoms with Gasteiger partial charge in [-0.1, -0.05) is 12.8 Å². The summed E-state index contributed by atoms with van der Waals surface area (Å²) in [6.45, 7) is 1.59. The van der Waals surface area contributed by atoms with Gasteiger partial charge in [0.05, 0.1) is 19.1 Å². The molecule has 4 N–H and O–H groups in total. The summed E-state index contributed by atoms with van der Waals surface area (Å²) in [7, 11) is 0. The molecule has 1 aliphatic carbocycles. The molecule has 5 nitrogen and oxygen atoms in total. The van der Waals surface area contributed by atoms with Gasteiger partial charge >= 0.3 is 0 Å². The van der Waals surface area contributed by atoms with Crippen LogP contribution >= 0.6 is 0 Å². The van der Waals surface area contributed by atoms with E-state index in [0.29, 0.717) is 19.8 Å². The Morgan fingerprint density at radius 2 is 2.12 bits per heavy atom. The zero-order chi connectivity index (χ0) is 12.5. The van der Waals surface area contributed by atoms with Crippen molar-refractivity contribution in [2.24, 2.45) is 11.7 Å². The molecule has 1 rings (SSSR count). The third-order valence-corrected chi connectivity index (χ3v) is 3.16. The molecule has 1 saturated carbocycles. The van der Waals surface area contributed by atoms with E-state index in [1.54, 1.807) is 0 Å². The van der Waals surface area contributed by atoms with Crippen LogP contribution in [0.15, 0.2) is 0 Å². The molecular formula is C12H24N2O3. The van der Waals surface area contributed by atoms with Gasteiger partial charge in [0.1, 0.15) is 0 Å². The molecule has 100 valence electrons. The number of nitrogens with one attached hydrogen (secondary N) is 1. The summed E-state index contributed by atoms with van der Waals surface area (Å²) in [5.74, 6) is 0.0708. The smallest absolute Gasteiger partial charge is 0.224 e. The Hall–Kier alpha value is -0.650. The van der Waals surface area contributed by atoms with E-state index in [2.05, 4.69) is 5.32 Å². The first-order valence-electron chi connectivity index (χ1n) is 6.47. The number of ether oxygens (including phenoxy) is 1.